The van der Waals surface area contributed by atoms with E-state index in [-0.39, 0.29) is 24.1 Å². The van der Waals surface area contributed by atoms with Crippen LogP contribution in [-0.2, 0) is 11.2 Å². The SMILES string of the molecule is Cc1ccc(C(=O)NNC(=O)CCCc2c(-c3ccccn3)[nH]c3ccc(F)cc23)cc1. The van der Waals surface area contributed by atoms with E-state index in [0.717, 1.165) is 33.4 Å². The number of aromatic nitrogens is 2. The van der Waals surface area contributed by atoms with Gasteiger partial charge in [-0.15, -0.1) is 0 Å². The van der Waals surface area contributed by atoms with E-state index in [1.54, 1.807) is 24.4 Å². The number of hydrazine groups is 1. The zero-order chi connectivity index (χ0) is 22.5. The maximum absolute atomic E-state index is 13.9. The number of carbonyl (C=O) groups excluding carboxylic acids is 2. The summed E-state index contributed by atoms with van der Waals surface area (Å²) in [5.74, 6) is -0.986. The number of nitrogens with one attached hydrogen (secondary N) is 3. The Bertz CT molecular complexity index is 1250. The van der Waals surface area contributed by atoms with E-state index in [1.807, 2.05) is 37.3 Å². The van der Waals surface area contributed by atoms with E-state index >= 15 is 0 Å². The van der Waals surface area contributed by atoms with Gasteiger partial charge in [0, 0.05) is 29.1 Å². The van der Waals surface area contributed by atoms with Crippen LogP contribution in [0.4, 0.5) is 4.39 Å². The lowest BCUT2D eigenvalue weighted by atomic mass is 10.0. The molecule has 4 rings (SSSR count). The maximum atomic E-state index is 13.9. The van der Waals surface area contributed by atoms with E-state index in [2.05, 4.69) is 20.8 Å². The summed E-state index contributed by atoms with van der Waals surface area (Å²) in [6.45, 7) is 1.94. The molecule has 2 amide bonds. The van der Waals surface area contributed by atoms with Crippen molar-refractivity contribution in [3.63, 3.8) is 0 Å². The summed E-state index contributed by atoms with van der Waals surface area (Å²) in [5.41, 5.74) is 9.70. The molecule has 162 valence electrons. The number of aryl methyl sites for hydroxylation is 2. The summed E-state index contributed by atoms with van der Waals surface area (Å²) >= 11 is 0. The lowest BCUT2D eigenvalue weighted by Gasteiger charge is -2.08. The van der Waals surface area contributed by atoms with Gasteiger partial charge in [-0.05, 0) is 67.8 Å². The molecule has 0 atom stereocenters. The fourth-order valence-corrected chi connectivity index (χ4v) is 3.60. The van der Waals surface area contributed by atoms with Crippen molar-refractivity contribution in [1.29, 1.82) is 0 Å². The summed E-state index contributed by atoms with van der Waals surface area (Å²) < 4.78 is 13.9. The highest BCUT2D eigenvalue weighted by Crippen LogP contribution is 2.31. The predicted molar refractivity (Wildman–Crippen MR) is 121 cm³/mol. The molecular formula is C25H23FN4O2. The molecule has 0 saturated heterocycles. The van der Waals surface area contributed by atoms with Crippen LogP contribution in [0.2, 0.25) is 0 Å². The van der Waals surface area contributed by atoms with Crippen LogP contribution < -0.4 is 10.9 Å². The fourth-order valence-electron chi connectivity index (χ4n) is 3.60. The first-order chi connectivity index (χ1) is 15.5. The first-order valence-electron chi connectivity index (χ1n) is 10.4. The Morgan fingerprint density at radius 3 is 2.59 bits per heavy atom. The van der Waals surface area contributed by atoms with Crippen LogP contribution in [0.5, 0.6) is 0 Å². The Morgan fingerprint density at radius 1 is 1.03 bits per heavy atom. The first-order valence-corrected chi connectivity index (χ1v) is 10.4. The summed E-state index contributed by atoms with van der Waals surface area (Å²) in [4.78, 5) is 32.1. The van der Waals surface area contributed by atoms with E-state index in [0.29, 0.717) is 18.4 Å². The molecule has 4 aromatic rings. The quantitative estimate of drug-likeness (QED) is 0.395. The highest BCUT2D eigenvalue weighted by molar-refractivity contribution is 5.95. The number of hydrogen-bond acceptors (Lipinski definition) is 3. The van der Waals surface area contributed by atoms with Gasteiger partial charge in [0.1, 0.15) is 5.82 Å². The predicted octanol–water partition coefficient (Wildman–Crippen LogP) is 4.46. The van der Waals surface area contributed by atoms with Gasteiger partial charge in [-0.1, -0.05) is 23.8 Å². The summed E-state index contributed by atoms with van der Waals surface area (Å²) in [7, 11) is 0. The van der Waals surface area contributed by atoms with Crippen molar-refractivity contribution < 1.29 is 14.0 Å². The topological polar surface area (TPSA) is 86.9 Å². The molecule has 0 radical (unpaired) electrons. The number of amides is 2. The van der Waals surface area contributed by atoms with Crippen LogP contribution in [0.25, 0.3) is 22.3 Å². The number of pyridine rings is 1. The van der Waals surface area contributed by atoms with E-state index in [1.165, 1.54) is 12.1 Å². The normalized spacial score (nSPS) is 10.8. The van der Waals surface area contributed by atoms with Crippen molar-refractivity contribution in [3.05, 3.63) is 89.4 Å². The van der Waals surface area contributed by atoms with Crippen molar-refractivity contribution in [1.82, 2.24) is 20.8 Å². The number of H-pyrrole nitrogens is 1. The fraction of sp³-hybridized carbons (Fsp3) is 0.160. The molecule has 0 spiro atoms. The van der Waals surface area contributed by atoms with Crippen molar-refractivity contribution in [2.45, 2.75) is 26.2 Å². The van der Waals surface area contributed by atoms with Gasteiger partial charge < -0.3 is 4.98 Å². The minimum atomic E-state index is -0.372. The standard InChI is InChI=1S/C25H23FN4O2/c1-16-8-10-17(11-9-16)25(32)30-29-23(31)7-4-5-19-20-15-18(26)12-13-21(20)28-24(19)22-6-2-3-14-27-22/h2-3,6,8-15,28H,4-5,7H2,1H3,(H,29,31)(H,30,32). The Hall–Kier alpha value is -4.00. The van der Waals surface area contributed by atoms with Gasteiger partial charge in [0.05, 0.1) is 11.4 Å². The number of benzene rings is 2. The zero-order valence-corrected chi connectivity index (χ0v) is 17.6. The molecule has 6 nitrogen and oxygen atoms in total. The third-order valence-corrected chi connectivity index (χ3v) is 5.25. The number of halogens is 1. The van der Waals surface area contributed by atoms with Crippen LogP contribution in [-0.4, -0.2) is 21.8 Å². The third-order valence-electron chi connectivity index (χ3n) is 5.25. The van der Waals surface area contributed by atoms with Gasteiger partial charge >= 0.3 is 0 Å². The minimum absolute atomic E-state index is 0.206. The Labute approximate surface area is 184 Å². The average Bonchev–Trinajstić information content (AvgIpc) is 3.16. The first kappa shape index (κ1) is 21.2. The molecular weight excluding hydrogens is 407 g/mol. The van der Waals surface area contributed by atoms with Crippen LogP contribution >= 0.6 is 0 Å². The number of aromatic amines is 1. The average molecular weight is 430 g/mol. The van der Waals surface area contributed by atoms with Crippen molar-refractivity contribution in [2.75, 3.05) is 0 Å². The van der Waals surface area contributed by atoms with Crippen molar-refractivity contribution in [3.8, 4) is 11.4 Å². The van der Waals surface area contributed by atoms with Gasteiger partial charge in [-0.3, -0.25) is 25.4 Å². The molecule has 0 aliphatic rings. The minimum Gasteiger partial charge on any atom is -0.353 e. The lowest BCUT2D eigenvalue weighted by molar-refractivity contribution is -0.121. The van der Waals surface area contributed by atoms with Gasteiger partial charge in [0.15, 0.2) is 0 Å². The second-order valence-electron chi connectivity index (χ2n) is 7.61. The maximum Gasteiger partial charge on any atom is 0.269 e. The number of carbonyl (C=O) groups is 2. The molecule has 2 aromatic heterocycles. The van der Waals surface area contributed by atoms with E-state index in [9.17, 15) is 14.0 Å². The molecule has 0 aliphatic carbocycles. The number of fused-ring (bicyclic) bond motifs is 1. The zero-order valence-electron chi connectivity index (χ0n) is 17.6. The van der Waals surface area contributed by atoms with Crippen LogP contribution in [0.1, 0.15) is 34.3 Å². The molecule has 0 saturated carbocycles. The smallest absolute Gasteiger partial charge is 0.269 e. The molecule has 0 unspecified atom stereocenters. The van der Waals surface area contributed by atoms with Gasteiger partial charge in [-0.25, -0.2) is 4.39 Å². The van der Waals surface area contributed by atoms with Crippen LogP contribution in [0.3, 0.4) is 0 Å². The molecule has 3 N–H and O–H groups in total. The number of nitrogens with zero attached hydrogens (tertiary/aromatic N) is 1. The summed E-state index contributed by atoms with van der Waals surface area (Å²) in [5, 5.41) is 0.777. The van der Waals surface area contributed by atoms with Crippen molar-refractivity contribution >= 4 is 22.7 Å². The van der Waals surface area contributed by atoms with E-state index in [4.69, 9.17) is 0 Å². The van der Waals surface area contributed by atoms with Crippen LogP contribution in [0, 0.1) is 12.7 Å². The highest BCUT2D eigenvalue weighted by Gasteiger charge is 2.15. The Balaban J connectivity index is 1.40. The van der Waals surface area contributed by atoms with Gasteiger partial charge in [0.2, 0.25) is 5.91 Å². The second-order valence-corrected chi connectivity index (χ2v) is 7.61. The Kier molecular flexibility index (Phi) is 6.26. The molecule has 7 heteroatoms. The molecule has 0 fully saturated rings. The van der Waals surface area contributed by atoms with Crippen molar-refractivity contribution in [2.24, 2.45) is 0 Å². The molecule has 2 heterocycles. The van der Waals surface area contributed by atoms with E-state index < -0.39 is 0 Å². The van der Waals surface area contributed by atoms with Crippen LogP contribution in [0.15, 0.2) is 66.9 Å². The molecule has 2 aromatic carbocycles. The monoisotopic (exact) mass is 430 g/mol. The molecule has 0 bridgehead atoms. The second kappa shape index (κ2) is 9.43. The number of rotatable bonds is 6. The number of hydrogen-bond donors (Lipinski definition) is 3. The van der Waals surface area contributed by atoms with Gasteiger partial charge in [0.25, 0.3) is 5.91 Å². The molecule has 32 heavy (non-hydrogen) atoms. The summed E-state index contributed by atoms with van der Waals surface area (Å²) in [6, 6.07) is 17.3. The van der Waals surface area contributed by atoms with Gasteiger partial charge in [-0.2, -0.15) is 0 Å². The summed E-state index contributed by atoms with van der Waals surface area (Å²) in [6.07, 6.45) is 2.98. The molecule has 0 aliphatic heterocycles. The lowest BCUT2D eigenvalue weighted by Crippen LogP contribution is -2.41. The third kappa shape index (κ3) is 4.83. The Morgan fingerprint density at radius 2 is 1.84 bits per heavy atom. The largest absolute Gasteiger partial charge is 0.353 e. The highest BCUT2D eigenvalue weighted by atomic mass is 19.1.